The predicted molar refractivity (Wildman–Crippen MR) is 70.4 cm³/mol. The minimum Gasteiger partial charge on any atom is -0.481 e. The van der Waals surface area contributed by atoms with Crippen molar-refractivity contribution in [2.24, 2.45) is 23.7 Å². The number of carbonyl (C=O) groups is 2. The van der Waals surface area contributed by atoms with Gasteiger partial charge in [0, 0.05) is 12.5 Å². The number of hydrogen-bond donors (Lipinski definition) is 2. The van der Waals surface area contributed by atoms with E-state index in [1.807, 2.05) is 0 Å². The van der Waals surface area contributed by atoms with Gasteiger partial charge in [-0.25, -0.2) is 0 Å². The lowest BCUT2D eigenvalue weighted by Crippen LogP contribution is -2.41. The van der Waals surface area contributed by atoms with Gasteiger partial charge in [0.25, 0.3) is 0 Å². The van der Waals surface area contributed by atoms with Crippen molar-refractivity contribution < 1.29 is 14.7 Å². The molecule has 4 heteroatoms. The lowest BCUT2D eigenvalue weighted by Gasteiger charge is -2.30. The van der Waals surface area contributed by atoms with E-state index in [0.717, 1.165) is 32.1 Å². The Morgan fingerprint density at radius 2 is 1.95 bits per heavy atom. The molecule has 3 aliphatic rings. The quantitative estimate of drug-likeness (QED) is 0.762. The molecule has 0 saturated heterocycles. The van der Waals surface area contributed by atoms with Crippen molar-refractivity contribution in [3.05, 3.63) is 12.2 Å². The second-order valence-corrected chi connectivity index (χ2v) is 6.57. The molecule has 3 saturated carbocycles. The van der Waals surface area contributed by atoms with Crippen LogP contribution in [0.2, 0.25) is 0 Å². The van der Waals surface area contributed by atoms with E-state index in [1.165, 1.54) is 5.57 Å². The summed E-state index contributed by atoms with van der Waals surface area (Å²) in [5.41, 5.74) is 1.25. The first kappa shape index (κ1) is 12.7. The number of nitrogens with one attached hydrogen (secondary N) is 1. The Balaban J connectivity index is 1.46. The first-order valence-electron chi connectivity index (χ1n) is 7.21. The van der Waals surface area contributed by atoms with Gasteiger partial charge in [-0.3, -0.25) is 9.59 Å². The second-order valence-electron chi connectivity index (χ2n) is 6.57. The topological polar surface area (TPSA) is 66.4 Å². The van der Waals surface area contributed by atoms with E-state index in [9.17, 15) is 9.59 Å². The molecule has 0 aromatic rings. The third-order valence-electron chi connectivity index (χ3n) is 5.15. The molecule has 0 aromatic carbocycles. The van der Waals surface area contributed by atoms with E-state index >= 15 is 0 Å². The maximum Gasteiger partial charge on any atom is 0.306 e. The summed E-state index contributed by atoms with van der Waals surface area (Å²) in [6.07, 6.45) is 5.16. The molecular weight excluding hydrogens is 242 g/mol. The molecule has 2 bridgehead atoms. The lowest BCUT2D eigenvalue weighted by atomic mass is 9.78. The van der Waals surface area contributed by atoms with Crippen LogP contribution in [-0.4, -0.2) is 23.0 Å². The number of hydrogen-bond acceptors (Lipinski definition) is 2. The highest BCUT2D eigenvalue weighted by Gasteiger charge is 2.49. The van der Waals surface area contributed by atoms with Crippen molar-refractivity contribution in [2.75, 3.05) is 0 Å². The van der Waals surface area contributed by atoms with Crippen LogP contribution in [0.4, 0.5) is 0 Å². The van der Waals surface area contributed by atoms with Crippen LogP contribution in [0.25, 0.3) is 0 Å². The summed E-state index contributed by atoms with van der Waals surface area (Å²) >= 11 is 0. The standard InChI is InChI=1S/C15H21NO3/c1-8-2-9(3-8)4-14(17)16-13-7-10-5-11(13)6-12(10)15(18)19/h9-13H,1-7H2,(H,16,17)(H,18,19)/t10-,11-,12-,13-/m1/s1. The number of carbonyl (C=O) groups excluding carboxylic acids is 1. The van der Waals surface area contributed by atoms with Crippen molar-refractivity contribution in [1.29, 1.82) is 0 Å². The fourth-order valence-electron chi connectivity index (χ4n) is 4.18. The van der Waals surface area contributed by atoms with Gasteiger partial charge in [-0.2, -0.15) is 0 Å². The van der Waals surface area contributed by atoms with Gasteiger partial charge in [0.05, 0.1) is 5.92 Å². The fourth-order valence-corrected chi connectivity index (χ4v) is 4.18. The maximum atomic E-state index is 11.9. The normalized spacial score (nSPS) is 37.2. The molecule has 104 valence electrons. The lowest BCUT2D eigenvalue weighted by molar-refractivity contribution is -0.143. The van der Waals surface area contributed by atoms with Crippen LogP contribution in [0, 0.1) is 23.7 Å². The zero-order chi connectivity index (χ0) is 13.6. The molecule has 1 amide bonds. The predicted octanol–water partition coefficient (Wildman–Crippen LogP) is 1.96. The minimum atomic E-state index is -0.662. The molecule has 19 heavy (non-hydrogen) atoms. The highest BCUT2D eigenvalue weighted by atomic mass is 16.4. The van der Waals surface area contributed by atoms with Crippen LogP contribution in [0.1, 0.15) is 38.5 Å². The maximum absolute atomic E-state index is 11.9. The summed E-state index contributed by atoms with van der Waals surface area (Å²) in [6, 6.07) is 0.219. The second kappa shape index (κ2) is 4.66. The number of carboxylic acid groups (broad SMARTS) is 1. The van der Waals surface area contributed by atoms with Gasteiger partial charge in [0.15, 0.2) is 0 Å². The summed E-state index contributed by atoms with van der Waals surface area (Å²) in [5.74, 6) is 0.445. The van der Waals surface area contributed by atoms with Crippen LogP contribution in [0.5, 0.6) is 0 Å². The number of aliphatic carboxylic acids is 1. The average molecular weight is 263 g/mol. The first-order chi connectivity index (χ1) is 9.02. The highest BCUT2D eigenvalue weighted by molar-refractivity contribution is 5.77. The fraction of sp³-hybridized carbons (Fsp3) is 0.733. The Labute approximate surface area is 113 Å². The largest absolute Gasteiger partial charge is 0.481 e. The van der Waals surface area contributed by atoms with E-state index in [-0.39, 0.29) is 23.8 Å². The van der Waals surface area contributed by atoms with Crippen molar-refractivity contribution in [1.82, 2.24) is 5.32 Å². The van der Waals surface area contributed by atoms with Crippen LogP contribution in [-0.2, 0) is 9.59 Å². The molecule has 4 atom stereocenters. The molecule has 3 rings (SSSR count). The van der Waals surface area contributed by atoms with Crippen LogP contribution in [0.3, 0.4) is 0 Å². The number of carboxylic acids is 1. The Morgan fingerprint density at radius 3 is 2.47 bits per heavy atom. The molecule has 3 aliphatic carbocycles. The molecule has 0 radical (unpaired) electrons. The summed E-state index contributed by atoms with van der Waals surface area (Å²) in [4.78, 5) is 23.0. The van der Waals surface area contributed by atoms with E-state index in [4.69, 9.17) is 5.11 Å². The summed E-state index contributed by atoms with van der Waals surface area (Å²) in [5, 5.41) is 12.2. The Kier molecular flexibility index (Phi) is 3.11. The molecule has 4 nitrogen and oxygen atoms in total. The molecule has 0 spiro atoms. The molecule has 0 aliphatic heterocycles. The van der Waals surface area contributed by atoms with Gasteiger partial charge in [-0.15, -0.1) is 0 Å². The summed E-state index contributed by atoms with van der Waals surface area (Å²) < 4.78 is 0. The zero-order valence-corrected chi connectivity index (χ0v) is 11.1. The number of fused-ring (bicyclic) bond motifs is 2. The summed E-state index contributed by atoms with van der Waals surface area (Å²) in [6.45, 7) is 3.89. The Hall–Kier alpha value is -1.32. The molecule has 0 heterocycles. The number of amides is 1. The van der Waals surface area contributed by atoms with Gasteiger partial charge >= 0.3 is 5.97 Å². The molecule has 0 unspecified atom stereocenters. The Morgan fingerprint density at radius 1 is 1.21 bits per heavy atom. The smallest absolute Gasteiger partial charge is 0.306 e. The van der Waals surface area contributed by atoms with Gasteiger partial charge < -0.3 is 10.4 Å². The van der Waals surface area contributed by atoms with E-state index in [0.29, 0.717) is 18.3 Å². The zero-order valence-electron chi connectivity index (χ0n) is 11.1. The molecular formula is C15H21NO3. The number of rotatable bonds is 4. The number of allylic oxidation sites excluding steroid dienone is 1. The van der Waals surface area contributed by atoms with Crippen molar-refractivity contribution in [3.8, 4) is 0 Å². The van der Waals surface area contributed by atoms with Gasteiger partial charge in [0.1, 0.15) is 0 Å². The van der Waals surface area contributed by atoms with E-state index < -0.39 is 5.97 Å². The summed E-state index contributed by atoms with van der Waals surface area (Å²) in [7, 11) is 0. The monoisotopic (exact) mass is 263 g/mol. The molecule has 2 N–H and O–H groups in total. The SMILES string of the molecule is C=C1CC(CC(=O)N[C@@H]2C[C@H]3C[C@@H]2C[C@H]3C(=O)O)C1. The van der Waals surface area contributed by atoms with Crippen molar-refractivity contribution >= 4 is 11.9 Å². The van der Waals surface area contributed by atoms with Crippen LogP contribution < -0.4 is 5.32 Å². The van der Waals surface area contributed by atoms with Crippen LogP contribution >= 0.6 is 0 Å². The Bertz CT molecular complexity index is 423. The average Bonchev–Trinajstić information content (AvgIpc) is 2.85. The van der Waals surface area contributed by atoms with E-state index in [1.54, 1.807) is 0 Å². The third kappa shape index (κ3) is 2.40. The van der Waals surface area contributed by atoms with Crippen LogP contribution in [0.15, 0.2) is 12.2 Å². The highest BCUT2D eigenvalue weighted by Crippen LogP contribution is 2.48. The third-order valence-corrected chi connectivity index (χ3v) is 5.15. The van der Waals surface area contributed by atoms with Crippen molar-refractivity contribution in [2.45, 2.75) is 44.6 Å². The molecule has 0 aromatic heterocycles. The van der Waals surface area contributed by atoms with Gasteiger partial charge in [-0.05, 0) is 49.9 Å². The van der Waals surface area contributed by atoms with Gasteiger partial charge in [-0.1, -0.05) is 12.2 Å². The van der Waals surface area contributed by atoms with Gasteiger partial charge in [0.2, 0.25) is 5.91 Å². The minimum absolute atomic E-state index is 0.141. The van der Waals surface area contributed by atoms with E-state index in [2.05, 4.69) is 11.9 Å². The first-order valence-corrected chi connectivity index (χ1v) is 7.21. The molecule has 3 fully saturated rings. The van der Waals surface area contributed by atoms with Crippen molar-refractivity contribution in [3.63, 3.8) is 0 Å².